The van der Waals surface area contributed by atoms with E-state index in [1.54, 1.807) is 11.3 Å². The smallest absolute Gasteiger partial charge is 0.166 e. The zero-order chi connectivity index (χ0) is 42.7. The number of para-hydroxylation sites is 4. The Labute approximate surface area is 374 Å². The van der Waals surface area contributed by atoms with Gasteiger partial charge in [-0.05, 0) is 96.4 Å². The second-order valence-electron chi connectivity index (χ2n) is 16.2. The molecule has 0 saturated heterocycles. The van der Waals surface area contributed by atoms with Crippen molar-refractivity contribution < 1.29 is 0 Å². The van der Waals surface area contributed by atoms with Crippen LogP contribution in [-0.2, 0) is 0 Å². The zero-order valence-electron chi connectivity index (χ0n) is 35.0. The first kappa shape index (κ1) is 37.6. The van der Waals surface area contributed by atoms with Gasteiger partial charge in [0.15, 0.2) is 17.5 Å². The van der Waals surface area contributed by atoms with Gasteiger partial charge in [-0.2, -0.15) is 0 Å². The van der Waals surface area contributed by atoms with E-state index in [1.165, 1.54) is 53.1 Å². The molecule has 0 atom stereocenters. The first-order valence-corrected chi connectivity index (χ1v) is 22.3. The molecule has 4 heterocycles. The minimum Gasteiger partial charge on any atom is -0.313 e. The van der Waals surface area contributed by atoms with E-state index < -0.39 is 0 Å². The highest BCUT2D eigenvalue weighted by atomic mass is 32.1. The van der Waals surface area contributed by atoms with Gasteiger partial charge in [-0.25, -0.2) is 15.0 Å². The number of rotatable bonds is 6. The van der Waals surface area contributed by atoms with Crippen molar-refractivity contribution in [2.45, 2.75) is 6.92 Å². The highest BCUT2D eigenvalue weighted by Crippen LogP contribution is 2.44. The molecule has 1 aliphatic rings. The molecule has 0 unspecified atom stereocenters. The highest BCUT2D eigenvalue weighted by molar-refractivity contribution is 7.25. The molecule has 64 heavy (non-hydrogen) atoms. The van der Waals surface area contributed by atoms with Crippen LogP contribution < -0.4 is 4.90 Å². The maximum absolute atomic E-state index is 5.31. The number of allylic oxidation sites excluding steroid dienone is 5. The number of thiophene rings is 1. The molecule has 12 rings (SSSR count). The Balaban J connectivity index is 0.984. The van der Waals surface area contributed by atoms with Crippen molar-refractivity contribution in [3.8, 4) is 51.0 Å². The molecule has 0 bridgehead atoms. The van der Waals surface area contributed by atoms with Crippen LogP contribution in [0.1, 0.15) is 12.5 Å². The molecular weight excluding hydrogens is 799 g/mol. The van der Waals surface area contributed by atoms with E-state index in [1.807, 2.05) is 24.3 Å². The van der Waals surface area contributed by atoms with Crippen LogP contribution in [0.5, 0.6) is 0 Å². The molecule has 11 aromatic rings. The second-order valence-corrected chi connectivity index (χ2v) is 17.3. The van der Waals surface area contributed by atoms with Gasteiger partial charge in [0, 0.05) is 70.3 Å². The predicted octanol–water partition coefficient (Wildman–Crippen LogP) is 15.6. The van der Waals surface area contributed by atoms with Crippen LogP contribution in [0.3, 0.4) is 0 Å². The Hall–Kier alpha value is -8.19. The maximum Gasteiger partial charge on any atom is 0.166 e. The predicted molar refractivity (Wildman–Crippen MR) is 269 cm³/mol. The van der Waals surface area contributed by atoms with E-state index in [0.717, 1.165) is 50.6 Å². The van der Waals surface area contributed by atoms with Crippen LogP contribution in [0.4, 0.5) is 11.4 Å². The SMILES string of the molecule is C=C1/C=C\C=C(\C)N(c2ccccc2)c2c1cccc2-c1nc(-c2ccccc2)nc(-c2ccc3c(c2)sc2ccc(-c4ccc5c(c4)c4ccccc4n5-c4ccccc4)cc23)n1. The summed E-state index contributed by atoms with van der Waals surface area (Å²) in [4.78, 5) is 18.0. The first-order valence-electron chi connectivity index (χ1n) is 21.5. The summed E-state index contributed by atoms with van der Waals surface area (Å²) in [6.07, 6.45) is 6.25. The second kappa shape index (κ2) is 15.3. The van der Waals surface area contributed by atoms with Crippen molar-refractivity contribution in [1.82, 2.24) is 19.5 Å². The summed E-state index contributed by atoms with van der Waals surface area (Å²) in [5.74, 6) is 1.83. The minimum atomic E-state index is 0.594. The molecule has 302 valence electrons. The van der Waals surface area contributed by atoms with Crippen molar-refractivity contribution in [3.05, 3.63) is 224 Å². The van der Waals surface area contributed by atoms with E-state index in [2.05, 4.69) is 205 Å². The summed E-state index contributed by atoms with van der Waals surface area (Å²) in [6, 6.07) is 66.6. The number of fused-ring (bicyclic) bond motifs is 7. The lowest BCUT2D eigenvalue weighted by molar-refractivity contribution is 1.07. The number of hydrogen-bond acceptors (Lipinski definition) is 5. The van der Waals surface area contributed by atoms with Crippen LogP contribution in [0.2, 0.25) is 0 Å². The van der Waals surface area contributed by atoms with Gasteiger partial charge < -0.3 is 9.47 Å². The molecule has 0 spiro atoms. The van der Waals surface area contributed by atoms with Crippen LogP contribution in [-0.4, -0.2) is 19.5 Å². The fraction of sp³-hybridized carbons (Fsp3) is 0.0172. The molecule has 0 fully saturated rings. The fourth-order valence-corrected chi connectivity index (χ4v) is 10.3. The van der Waals surface area contributed by atoms with Gasteiger partial charge in [0.25, 0.3) is 0 Å². The van der Waals surface area contributed by atoms with Crippen molar-refractivity contribution in [3.63, 3.8) is 0 Å². The molecule has 0 amide bonds. The largest absolute Gasteiger partial charge is 0.313 e. The van der Waals surface area contributed by atoms with E-state index in [4.69, 9.17) is 15.0 Å². The summed E-state index contributed by atoms with van der Waals surface area (Å²) >= 11 is 1.80. The molecule has 0 N–H and O–H groups in total. The van der Waals surface area contributed by atoms with Gasteiger partial charge in [-0.3, -0.25) is 0 Å². The molecule has 0 saturated carbocycles. The number of nitrogens with zero attached hydrogens (tertiary/aromatic N) is 5. The Bertz CT molecular complexity index is 3690. The van der Waals surface area contributed by atoms with Gasteiger partial charge in [0.1, 0.15) is 0 Å². The molecule has 0 radical (unpaired) electrons. The van der Waals surface area contributed by atoms with E-state index in [9.17, 15) is 0 Å². The van der Waals surface area contributed by atoms with Gasteiger partial charge in [0.05, 0.1) is 16.7 Å². The minimum absolute atomic E-state index is 0.594. The highest BCUT2D eigenvalue weighted by Gasteiger charge is 2.25. The summed E-state index contributed by atoms with van der Waals surface area (Å²) in [7, 11) is 0. The van der Waals surface area contributed by atoms with Gasteiger partial charge in [-0.15, -0.1) is 11.3 Å². The van der Waals surface area contributed by atoms with Crippen molar-refractivity contribution in [2.24, 2.45) is 0 Å². The summed E-state index contributed by atoms with van der Waals surface area (Å²) < 4.78 is 4.78. The van der Waals surface area contributed by atoms with Crippen LogP contribution in [0.15, 0.2) is 219 Å². The van der Waals surface area contributed by atoms with Gasteiger partial charge >= 0.3 is 0 Å². The van der Waals surface area contributed by atoms with Crippen molar-refractivity contribution >= 4 is 70.3 Å². The average molecular weight is 838 g/mol. The van der Waals surface area contributed by atoms with Gasteiger partial charge in [0.2, 0.25) is 0 Å². The molecule has 8 aromatic carbocycles. The molecule has 6 heteroatoms. The molecular formula is C58H39N5S. The summed E-state index contributed by atoms with van der Waals surface area (Å²) in [6.45, 7) is 6.62. The monoisotopic (exact) mass is 837 g/mol. The molecule has 1 aliphatic heterocycles. The Morgan fingerprint density at radius 2 is 1.08 bits per heavy atom. The standard InChI is InChI=1S/C58H39N5S/c1-37-16-14-17-38(2)62(43-20-8-4-9-21-43)55-45(37)25-15-26-48(55)58-60-56(39-18-6-3-7-19-39)59-57(61-58)42-28-31-47-50-35-41(30-33-53(50)64-54(47)36-42)40-29-32-52-49(34-40)46-24-12-13-27-51(46)63(52)44-22-10-5-11-23-44/h3-36H,1H2,2H3/b16-14-,38-17-. The third-order valence-electron chi connectivity index (χ3n) is 12.3. The van der Waals surface area contributed by atoms with E-state index >= 15 is 0 Å². The zero-order valence-corrected chi connectivity index (χ0v) is 35.8. The lowest BCUT2D eigenvalue weighted by Crippen LogP contribution is -2.18. The van der Waals surface area contributed by atoms with Crippen LogP contribution in [0.25, 0.3) is 98.5 Å². The lowest BCUT2D eigenvalue weighted by atomic mass is 9.96. The topological polar surface area (TPSA) is 46.8 Å². The van der Waals surface area contributed by atoms with E-state index in [0.29, 0.717) is 17.5 Å². The van der Waals surface area contributed by atoms with Gasteiger partial charge in [-0.1, -0.05) is 140 Å². The van der Waals surface area contributed by atoms with E-state index in [-0.39, 0.29) is 0 Å². The third kappa shape index (κ3) is 6.34. The third-order valence-corrected chi connectivity index (χ3v) is 13.4. The molecule has 5 nitrogen and oxygen atoms in total. The summed E-state index contributed by atoms with van der Waals surface area (Å²) in [5.41, 5.74) is 13.7. The normalized spacial score (nSPS) is 14.1. The average Bonchev–Trinajstić information content (AvgIpc) is 3.89. The summed E-state index contributed by atoms with van der Waals surface area (Å²) in [5, 5.41) is 4.93. The van der Waals surface area contributed by atoms with Crippen LogP contribution in [0, 0.1) is 0 Å². The number of aromatic nitrogens is 4. The lowest BCUT2D eigenvalue weighted by Gasteiger charge is -2.31. The first-order chi connectivity index (χ1) is 31.6. The van der Waals surface area contributed by atoms with Crippen molar-refractivity contribution in [1.29, 1.82) is 0 Å². The Morgan fingerprint density at radius 3 is 1.88 bits per heavy atom. The number of benzene rings is 8. The number of anilines is 2. The fourth-order valence-electron chi connectivity index (χ4n) is 9.22. The quantitative estimate of drug-likeness (QED) is 0.167. The molecule has 0 aliphatic carbocycles. The maximum atomic E-state index is 5.31. The van der Waals surface area contributed by atoms with Crippen LogP contribution >= 0.6 is 11.3 Å². The Morgan fingerprint density at radius 1 is 0.453 bits per heavy atom. The molecule has 3 aromatic heterocycles. The number of hydrogen-bond donors (Lipinski definition) is 0. The van der Waals surface area contributed by atoms with Crippen molar-refractivity contribution in [2.75, 3.05) is 4.90 Å². The Kier molecular flexibility index (Phi) is 8.99.